The molecule has 2 N–H and O–H groups in total. The van der Waals surface area contributed by atoms with E-state index in [0.29, 0.717) is 0 Å². The molecule has 0 aliphatic rings. The molecule has 15 heavy (non-hydrogen) atoms. The zero-order valence-electron chi connectivity index (χ0n) is 8.67. The van der Waals surface area contributed by atoms with E-state index in [0.717, 1.165) is 28.0 Å². The van der Waals surface area contributed by atoms with Gasteiger partial charge in [-0.3, -0.25) is 0 Å². The molecule has 0 saturated heterocycles. The van der Waals surface area contributed by atoms with Crippen LogP contribution in [0.2, 0.25) is 0 Å². The number of benzene rings is 1. The average molecular weight is 292 g/mol. The molecule has 0 heterocycles. The summed E-state index contributed by atoms with van der Waals surface area (Å²) in [4.78, 5) is 0. The highest BCUT2D eigenvalue weighted by molar-refractivity contribution is 9.10. The highest BCUT2D eigenvalue weighted by Crippen LogP contribution is 2.19. The molecule has 0 radical (unpaired) electrons. The van der Waals surface area contributed by atoms with Crippen molar-refractivity contribution in [3.8, 4) is 0 Å². The van der Waals surface area contributed by atoms with Crippen LogP contribution in [-0.2, 0) is 6.42 Å². The maximum absolute atomic E-state index is 12.8. The van der Waals surface area contributed by atoms with Crippen LogP contribution in [0.1, 0.15) is 12.5 Å². The molecule has 0 fully saturated rings. The Morgan fingerprint density at radius 1 is 1.53 bits per heavy atom. The minimum atomic E-state index is -0.220. The lowest BCUT2D eigenvalue weighted by Crippen LogP contribution is -2.25. The van der Waals surface area contributed by atoms with E-state index in [9.17, 15) is 4.39 Å². The van der Waals surface area contributed by atoms with Crippen LogP contribution in [0.3, 0.4) is 0 Å². The lowest BCUT2D eigenvalue weighted by atomic mass is 10.1. The second-order valence-electron chi connectivity index (χ2n) is 3.36. The molecule has 0 saturated carbocycles. The summed E-state index contributed by atoms with van der Waals surface area (Å²) in [5.41, 5.74) is 7.03. The number of rotatable bonds is 5. The van der Waals surface area contributed by atoms with Crippen molar-refractivity contribution in [1.29, 1.82) is 0 Å². The summed E-state index contributed by atoms with van der Waals surface area (Å²) in [6, 6.07) is 4.88. The fourth-order valence-corrected chi connectivity index (χ4v) is 2.47. The van der Waals surface area contributed by atoms with Gasteiger partial charge in [-0.05, 0) is 29.9 Å². The smallest absolute Gasteiger partial charge is 0.124 e. The monoisotopic (exact) mass is 291 g/mol. The molecule has 1 unspecified atom stereocenters. The third-order valence-corrected chi connectivity index (χ3v) is 3.84. The van der Waals surface area contributed by atoms with Crippen LogP contribution in [0, 0.1) is 5.82 Å². The third-order valence-electron chi connectivity index (χ3n) is 2.03. The van der Waals surface area contributed by atoms with Crippen molar-refractivity contribution >= 4 is 27.7 Å². The lowest BCUT2D eigenvalue weighted by Gasteiger charge is -2.11. The molecule has 84 valence electrons. The van der Waals surface area contributed by atoms with Crippen LogP contribution in [0.5, 0.6) is 0 Å². The van der Waals surface area contributed by atoms with Gasteiger partial charge < -0.3 is 5.73 Å². The van der Waals surface area contributed by atoms with Crippen LogP contribution in [0.25, 0.3) is 0 Å². The van der Waals surface area contributed by atoms with Gasteiger partial charge in [0.25, 0.3) is 0 Å². The average Bonchev–Trinajstić information content (AvgIpc) is 2.19. The van der Waals surface area contributed by atoms with Gasteiger partial charge in [-0.2, -0.15) is 11.8 Å². The molecule has 1 aromatic rings. The molecule has 1 atom stereocenters. The molecule has 1 aromatic carbocycles. The van der Waals surface area contributed by atoms with Gasteiger partial charge >= 0.3 is 0 Å². The molecule has 4 heteroatoms. The van der Waals surface area contributed by atoms with Crippen molar-refractivity contribution in [3.63, 3.8) is 0 Å². The molecular formula is C11H15BrFNS. The van der Waals surface area contributed by atoms with E-state index < -0.39 is 0 Å². The Kier molecular flexibility index (Phi) is 5.64. The predicted octanol–water partition coefficient (Wildman–Crippen LogP) is 3.21. The highest BCUT2D eigenvalue weighted by atomic mass is 79.9. The van der Waals surface area contributed by atoms with Crippen LogP contribution < -0.4 is 5.73 Å². The summed E-state index contributed by atoms with van der Waals surface area (Å²) in [6.45, 7) is 2.12. The number of halogens is 2. The van der Waals surface area contributed by atoms with E-state index in [1.165, 1.54) is 12.1 Å². The number of nitrogens with two attached hydrogens (primary N) is 1. The molecular weight excluding hydrogens is 277 g/mol. The molecule has 0 bridgehead atoms. The Morgan fingerprint density at radius 2 is 2.27 bits per heavy atom. The molecule has 1 rings (SSSR count). The Bertz CT molecular complexity index is 319. The van der Waals surface area contributed by atoms with Gasteiger partial charge in [0.2, 0.25) is 0 Å². The van der Waals surface area contributed by atoms with Gasteiger partial charge in [0.05, 0.1) is 0 Å². The zero-order valence-corrected chi connectivity index (χ0v) is 11.1. The Balaban J connectivity index is 2.56. The number of hydrogen-bond acceptors (Lipinski definition) is 2. The van der Waals surface area contributed by atoms with E-state index >= 15 is 0 Å². The largest absolute Gasteiger partial charge is 0.327 e. The normalized spacial score (nSPS) is 12.8. The van der Waals surface area contributed by atoms with Crippen molar-refractivity contribution in [2.45, 2.75) is 19.4 Å². The van der Waals surface area contributed by atoms with Crippen LogP contribution in [0.4, 0.5) is 4.39 Å². The zero-order chi connectivity index (χ0) is 11.3. The summed E-state index contributed by atoms with van der Waals surface area (Å²) in [6.07, 6.45) is 0.786. The Labute approximate surface area is 103 Å². The predicted molar refractivity (Wildman–Crippen MR) is 68.8 cm³/mol. The van der Waals surface area contributed by atoms with Crippen molar-refractivity contribution in [3.05, 3.63) is 34.1 Å². The first-order valence-corrected chi connectivity index (χ1v) is 6.85. The van der Waals surface area contributed by atoms with Gasteiger partial charge in [0.1, 0.15) is 5.82 Å². The topological polar surface area (TPSA) is 26.0 Å². The van der Waals surface area contributed by atoms with E-state index in [2.05, 4.69) is 22.9 Å². The second-order valence-corrected chi connectivity index (χ2v) is 5.53. The second kappa shape index (κ2) is 6.51. The molecule has 0 aliphatic carbocycles. The SMILES string of the molecule is CCSCC(N)Cc1ccc(F)cc1Br. The third kappa shape index (κ3) is 4.53. The first-order chi connectivity index (χ1) is 7.13. The number of hydrogen-bond donors (Lipinski definition) is 1. The van der Waals surface area contributed by atoms with Crippen molar-refractivity contribution in [2.24, 2.45) is 5.73 Å². The summed E-state index contributed by atoms with van der Waals surface area (Å²) in [7, 11) is 0. The van der Waals surface area contributed by atoms with Gasteiger partial charge in [0.15, 0.2) is 0 Å². The molecule has 0 aliphatic heterocycles. The van der Waals surface area contributed by atoms with Crippen molar-refractivity contribution in [2.75, 3.05) is 11.5 Å². The van der Waals surface area contributed by atoms with Crippen molar-refractivity contribution < 1.29 is 4.39 Å². The fourth-order valence-electron chi connectivity index (χ4n) is 1.30. The first-order valence-electron chi connectivity index (χ1n) is 4.90. The quantitative estimate of drug-likeness (QED) is 0.902. The molecule has 0 aromatic heterocycles. The fraction of sp³-hybridized carbons (Fsp3) is 0.455. The van der Waals surface area contributed by atoms with E-state index in [1.807, 2.05) is 11.8 Å². The van der Waals surface area contributed by atoms with Gasteiger partial charge in [-0.25, -0.2) is 4.39 Å². The van der Waals surface area contributed by atoms with Gasteiger partial charge in [-0.1, -0.05) is 28.9 Å². The number of thioether (sulfide) groups is 1. The van der Waals surface area contributed by atoms with E-state index in [-0.39, 0.29) is 11.9 Å². The van der Waals surface area contributed by atoms with Crippen molar-refractivity contribution in [1.82, 2.24) is 0 Å². The van der Waals surface area contributed by atoms with Crippen LogP contribution >= 0.6 is 27.7 Å². The summed E-state index contributed by atoms with van der Waals surface area (Å²) < 4.78 is 13.6. The maximum atomic E-state index is 12.8. The van der Waals surface area contributed by atoms with E-state index in [1.54, 1.807) is 6.07 Å². The molecule has 1 nitrogen and oxygen atoms in total. The van der Waals surface area contributed by atoms with Gasteiger partial charge in [-0.15, -0.1) is 0 Å². The summed E-state index contributed by atoms with van der Waals surface area (Å²) >= 11 is 5.17. The molecule has 0 spiro atoms. The Morgan fingerprint density at radius 3 is 2.87 bits per heavy atom. The minimum absolute atomic E-state index is 0.136. The maximum Gasteiger partial charge on any atom is 0.124 e. The van der Waals surface area contributed by atoms with Crippen LogP contribution in [0.15, 0.2) is 22.7 Å². The highest BCUT2D eigenvalue weighted by Gasteiger charge is 2.07. The van der Waals surface area contributed by atoms with Gasteiger partial charge in [0, 0.05) is 16.3 Å². The molecule has 0 amide bonds. The van der Waals surface area contributed by atoms with Crippen LogP contribution in [-0.4, -0.2) is 17.5 Å². The summed E-state index contributed by atoms with van der Waals surface area (Å²) in [5, 5.41) is 0. The van der Waals surface area contributed by atoms with E-state index in [4.69, 9.17) is 5.73 Å². The first kappa shape index (κ1) is 13.0. The standard InChI is InChI=1S/C11H15BrFNS/c1-2-15-7-10(14)5-8-3-4-9(13)6-11(8)12/h3-4,6,10H,2,5,7,14H2,1H3. The lowest BCUT2D eigenvalue weighted by molar-refractivity contribution is 0.625. The minimum Gasteiger partial charge on any atom is -0.327 e. The summed E-state index contributed by atoms with van der Waals surface area (Å²) in [5.74, 6) is 1.81. The Hall–Kier alpha value is -0.0600.